The Bertz CT molecular complexity index is 630. The standard InChI is InChI=1S/C18H20N2O2S/c1-2-22-18(21)17(20-19-16-11-7-4-8-12-16)14-23-13-15-9-5-3-6-10-15/h3-12,19H,2,13-14H2,1H3/b20-17+. The van der Waals surface area contributed by atoms with Crippen LogP contribution in [0.3, 0.4) is 0 Å². The summed E-state index contributed by atoms with van der Waals surface area (Å²) in [4.78, 5) is 12.0. The van der Waals surface area contributed by atoms with E-state index in [4.69, 9.17) is 4.74 Å². The Hall–Kier alpha value is -2.27. The van der Waals surface area contributed by atoms with E-state index in [2.05, 4.69) is 22.7 Å². The van der Waals surface area contributed by atoms with E-state index in [9.17, 15) is 4.79 Å². The van der Waals surface area contributed by atoms with Gasteiger partial charge in [-0.15, -0.1) is 0 Å². The van der Waals surface area contributed by atoms with Crippen LogP contribution in [0, 0.1) is 0 Å². The second kappa shape index (κ2) is 9.69. The highest BCUT2D eigenvalue weighted by Gasteiger charge is 2.13. The van der Waals surface area contributed by atoms with Gasteiger partial charge in [-0.2, -0.15) is 16.9 Å². The summed E-state index contributed by atoms with van der Waals surface area (Å²) in [6.07, 6.45) is 0. The summed E-state index contributed by atoms with van der Waals surface area (Å²) in [5.41, 5.74) is 5.35. The minimum Gasteiger partial charge on any atom is -0.461 e. The van der Waals surface area contributed by atoms with Crippen LogP contribution in [0.5, 0.6) is 0 Å². The van der Waals surface area contributed by atoms with Crippen molar-refractivity contribution in [2.75, 3.05) is 17.8 Å². The number of hydrogen-bond acceptors (Lipinski definition) is 5. The number of esters is 1. The zero-order chi connectivity index (χ0) is 16.3. The van der Waals surface area contributed by atoms with E-state index >= 15 is 0 Å². The molecular weight excluding hydrogens is 308 g/mol. The Labute approximate surface area is 140 Å². The molecule has 5 heteroatoms. The number of ether oxygens (including phenoxy) is 1. The number of carbonyl (C=O) groups is 1. The third-order valence-electron chi connectivity index (χ3n) is 2.96. The summed E-state index contributed by atoms with van der Waals surface area (Å²) in [6.45, 7) is 2.13. The fourth-order valence-corrected chi connectivity index (χ4v) is 2.74. The summed E-state index contributed by atoms with van der Waals surface area (Å²) in [5, 5.41) is 4.21. The number of nitrogens with one attached hydrogen (secondary N) is 1. The van der Waals surface area contributed by atoms with Crippen molar-refractivity contribution in [3.8, 4) is 0 Å². The summed E-state index contributed by atoms with van der Waals surface area (Å²) < 4.78 is 5.07. The number of rotatable bonds is 8. The number of para-hydroxylation sites is 1. The Kier molecular flexibility index (Phi) is 7.20. The predicted octanol–water partition coefficient (Wildman–Crippen LogP) is 3.95. The molecule has 0 amide bonds. The summed E-state index contributed by atoms with van der Waals surface area (Å²) in [6, 6.07) is 19.7. The summed E-state index contributed by atoms with van der Waals surface area (Å²) in [5.74, 6) is 0.939. The molecule has 23 heavy (non-hydrogen) atoms. The van der Waals surface area contributed by atoms with E-state index in [1.54, 1.807) is 18.7 Å². The average molecular weight is 328 g/mol. The SMILES string of the molecule is CCOC(=O)/C(CSCc1ccccc1)=N/Nc1ccccc1. The van der Waals surface area contributed by atoms with Gasteiger partial charge in [-0.25, -0.2) is 4.79 Å². The van der Waals surface area contributed by atoms with Crippen molar-refractivity contribution in [2.45, 2.75) is 12.7 Å². The number of hydrazone groups is 1. The molecule has 0 saturated heterocycles. The zero-order valence-electron chi connectivity index (χ0n) is 13.1. The zero-order valence-corrected chi connectivity index (χ0v) is 13.9. The van der Waals surface area contributed by atoms with Gasteiger partial charge >= 0.3 is 5.97 Å². The molecule has 0 aliphatic heterocycles. The smallest absolute Gasteiger partial charge is 0.355 e. The topological polar surface area (TPSA) is 50.7 Å². The van der Waals surface area contributed by atoms with Crippen LogP contribution in [0.25, 0.3) is 0 Å². The summed E-state index contributed by atoms with van der Waals surface area (Å²) in [7, 11) is 0. The Morgan fingerprint density at radius 2 is 1.74 bits per heavy atom. The van der Waals surface area contributed by atoms with Crippen LogP contribution < -0.4 is 5.43 Å². The molecule has 0 spiro atoms. The van der Waals surface area contributed by atoms with Crippen LogP contribution in [0.2, 0.25) is 0 Å². The van der Waals surface area contributed by atoms with E-state index in [1.165, 1.54) is 5.56 Å². The predicted molar refractivity (Wildman–Crippen MR) is 96.7 cm³/mol. The van der Waals surface area contributed by atoms with Gasteiger partial charge in [-0.3, -0.25) is 5.43 Å². The van der Waals surface area contributed by atoms with Gasteiger partial charge in [0.05, 0.1) is 12.3 Å². The fraction of sp³-hybridized carbons (Fsp3) is 0.222. The molecule has 0 radical (unpaired) electrons. The quantitative estimate of drug-likeness (QED) is 0.453. The molecule has 0 fully saturated rings. The number of hydrogen-bond donors (Lipinski definition) is 1. The minimum atomic E-state index is -0.378. The van der Waals surface area contributed by atoms with Gasteiger partial charge in [-0.1, -0.05) is 48.5 Å². The lowest BCUT2D eigenvalue weighted by atomic mass is 10.2. The van der Waals surface area contributed by atoms with Crippen molar-refractivity contribution in [2.24, 2.45) is 5.10 Å². The number of nitrogens with zero attached hydrogens (tertiary/aromatic N) is 1. The molecule has 0 bridgehead atoms. The van der Waals surface area contributed by atoms with Gasteiger partial charge in [0.25, 0.3) is 0 Å². The molecule has 0 aliphatic rings. The van der Waals surface area contributed by atoms with Gasteiger partial charge < -0.3 is 4.74 Å². The van der Waals surface area contributed by atoms with Gasteiger partial charge in [0.2, 0.25) is 0 Å². The van der Waals surface area contributed by atoms with Crippen LogP contribution in [0.4, 0.5) is 5.69 Å². The molecular formula is C18H20N2O2S. The second-order valence-corrected chi connectivity index (χ2v) is 5.72. The van der Waals surface area contributed by atoms with Crippen LogP contribution in [-0.4, -0.2) is 24.0 Å². The first-order valence-electron chi connectivity index (χ1n) is 7.46. The van der Waals surface area contributed by atoms with Crippen LogP contribution >= 0.6 is 11.8 Å². The fourth-order valence-electron chi connectivity index (χ4n) is 1.84. The molecule has 0 aliphatic carbocycles. The molecule has 1 N–H and O–H groups in total. The average Bonchev–Trinajstić information content (AvgIpc) is 2.60. The largest absolute Gasteiger partial charge is 0.461 e. The maximum Gasteiger partial charge on any atom is 0.355 e. The molecule has 0 unspecified atom stereocenters. The van der Waals surface area contributed by atoms with Crippen molar-refractivity contribution >= 4 is 29.1 Å². The van der Waals surface area contributed by atoms with Crippen molar-refractivity contribution < 1.29 is 9.53 Å². The first-order valence-corrected chi connectivity index (χ1v) is 8.61. The number of anilines is 1. The van der Waals surface area contributed by atoms with Crippen molar-refractivity contribution in [3.05, 3.63) is 66.2 Å². The first kappa shape index (κ1) is 17.1. The third kappa shape index (κ3) is 6.16. The molecule has 2 rings (SSSR count). The van der Waals surface area contributed by atoms with Gasteiger partial charge in [0.15, 0.2) is 5.71 Å². The molecule has 0 aromatic heterocycles. The van der Waals surface area contributed by atoms with Crippen molar-refractivity contribution in [1.82, 2.24) is 0 Å². The third-order valence-corrected chi connectivity index (χ3v) is 3.97. The van der Waals surface area contributed by atoms with Gasteiger partial charge in [0, 0.05) is 11.5 Å². The minimum absolute atomic E-state index is 0.340. The molecule has 4 nitrogen and oxygen atoms in total. The monoisotopic (exact) mass is 328 g/mol. The van der Waals surface area contributed by atoms with Crippen molar-refractivity contribution in [3.63, 3.8) is 0 Å². The molecule has 2 aromatic rings. The highest BCUT2D eigenvalue weighted by atomic mass is 32.2. The normalized spacial score (nSPS) is 11.1. The van der Waals surface area contributed by atoms with Crippen LogP contribution in [0.1, 0.15) is 12.5 Å². The lowest BCUT2D eigenvalue weighted by Crippen LogP contribution is -2.21. The molecule has 0 atom stereocenters. The van der Waals surface area contributed by atoms with E-state index in [-0.39, 0.29) is 5.97 Å². The van der Waals surface area contributed by atoms with Gasteiger partial charge in [0.1, 0.15) is 0 Å². The van der Waals surface area contributed by atoms with E-state index in [0.717, 1.165) is 11.4 Å². The molecule has 2 aromatic carbocycles. The molecule has 0 saturated carbocycles. The van der Waals surface area contributed by atoms with Gasteiger partial charge in [-0.05, 0) is 24.6 Å². The lowest BCUT2D eigenvalue weighted by molar-refractivity contribution is -0.135. The van der Waals surface area contributed by atoms with Crippen LogP contribution in [-0.2, 0) is 15.3 Å². The second-order valence-electron chi connectivity index (χ2n) is 4.74. The lowest BCUT2D eigenvalue weighted by Gasteiger charge is -2.07. The molecule has 0 heterocycles. The Morgan fingerprint density at radius 3 is 2.39 bits per heavy atom. The number of thioether (sulfide) groups is 1. The maximum atomic E-state index is 12.0. The Balaban J connectivity index is 1.95. The van der Waals surface area contributed by atoms with E-state index < -0.39 is 0 Å². The number of benzene rings is 2. The van der Waals surface area contributed by atoms with E-state index in [1.807, 2.05) is 48.5 Å². The van der Waals surface area contributed by atoms with Crippen LogP contribution in [0.15, 0.2) is 65.8 Å². The highest BCUT2D eigenvalue weighted by molar-refractivity contribution is 7.99. The van der Waals surface area contributed by atoms with Crippen molar-refractivity contribution in [1.29, 1.82) is 0 Å². The highest BCUT2D eigenvalue weighted by Crippen LogP contribution is 2.13. The first-order chi connectivity index (χ1) is 11.3. The molecule has 120 valence electrons. The number of carbonyl (C=O) groups excluding carboxylic acids is 1. The summed E-state index contributed by atoms with van der Waals surface area (Å²) >= 11 is 1.63. The van der Waals surface area contributed by atoms with E-state index in [0.29, 0.717) is 18.1 Å². The Morgan fingerprint density at radius 1 is 1.09 bits per heavy atom. The maximum absolute atomic E-state index is 12.0.